The van der Waals surface area contributed by atoms with Gasteiger partial charge in [0, 0.05) is 35.3 Å². The van der Waals surface area contributed by atoms with E-state index in [-0.39, 0.29) is 11.1 Å². The van der Waals surface area contributed by atoms with Crippen LogP contribution in [0.15, 0.2) is 36.4 Å². The summed E-state index contributed by atoms with van der Waals surface area (Å²) in [5.74, 6) is -2.63. The van der Waals surface area contributed by atoms with E-state index in [2.05, 4.69) is 5.32 Å². The maximum Gasteiger partial charge on any atom is 0.130 e. The van der Waals surface area contributed by atoms with Crippen molar-refractivity contribution >= 4 is 0 Å². The fourth-order valence-corrected chi connectivity index (χ4v) is 2.26. The van der Waals surface area contributed by atoms with Gasteiger partial charge < -0.3 is 5.32 Å². The number of benzene rings is 2. The van der Waals surface area contributed by atoms with Crippen molar-refractivity contribution in [3.8, 4) is 0 Å². The van der Waals surface area contributed by atoms with E-state index in [1.54, 1.807) is 13.8 Å². The van der Waals surface area contributed by atoms with Crippen LogP contribution in [-0.4, -0.2) is 0 Å². The lowest BCUT2D eigenvalue weighted by molar-refractivity contribution is 0.454. The SMILES string of the molecule is CC(NC(C)c1ccc(F)cc1F)c1ccc(F)cc1F. The van der Waals surface area contributed by atoms with E-state index >= 15 is 0 Å². The van der Waals surface area contributed by atoms with Gasteiger partial charge in [-0.25, -0.2) is 17.6 Å². The van der Waals surface area contributed by atoms with Crippen LogP contribution in [-0.2, 0) is 0 Å². The minimum absolute atomic E-state index is 0.283. The number of halogens is 4. The lowest BCUT2D eigenvalue weighted by atomic mass is 10.0. The zero-order valence-electron chi connectivity index (χ0n) is 11.6. The van der Waals surface area contributed by atoms with Crippen LogP contribution in [0.1, 0.15) is 37.1 Å². The van der Waals surface area contributed by atoms with Crippen molar-refractivity contribution in [3.05, 3.63) is 70.8 Å². The smallest absolute Gasteiger partial charge is 0.130 e. The van der Waals surface area contributed by atoms with E-state index in [1.165, 1.54) is 24.3 Å². The molecule has 0 spiro atoms. The van der Waals surface area contributed by atoms with E-state index in [9.17, 15) is 17.6 Å². The summed E-state index contributed by atoms with van der Waals surface area (Å²) >= 11 is 0. The Hall–Kier alpha value is -1.88. The van der Waals surface area contributed by atoms with Crippen LogP contribution in [0.4, 0.5) is 17.6 Å². The Bertz CT molecular complexity index is 587. The molecule has 0 saturated carbocycles. The van der Waals surface area contributed by atoms with Crippen molar-refractivity contribution < 1.29 is 17.6 Å². The van der Waals surface area contributed by atoms with Gasteiger partial charge in [-0.1, -0.05) is 12.1 Å². The molecule has 0 aromatic heterocycles. The highest BCUT2D eigenvalue weighted by Crippen LogP contribution is 2.23. The molecular weight excluding hydrogens is 282 g/mol. The molecule has 112 valence electrons. The first-order valence-corrected chi connectivity index (χ1v) is 6.54. The molecule has 0 aliphatic heterocycles. The van der Waals surface area contributed by atoms with Gasteiger partial charge in [0.25, 0.3) is 0 Å². The van der Waals surface area contributed by atoms with Crippen LogP contribution in [0.25, 0.3) is 0 Å². The highest BCUT2D eigenvalue weighted by atomic mass is 19.1. The minimum Gasteiger partial charge on any atom is -0.303 e. The number of hydrogen-bond acceptors (Lipinski definition) is 1. The molecule has 0 heterocycles. The zero-order valence-corrected chi connectivity index (χ0v) is 11.6. The topological polar surface area (TPSA) is 12.0 Å². The molecule has 0 bridgehead atoms. The fraction of sp³-hybridized carbons (Fsp3) is 0.250. The molecule has 0 aliphatic rings. The van der Waals surface area contributed by atoms with Gasteiger partial charge in [0.15, 0.2) is 0 Å². The van der Waals surface area contributed by atoms with Crippen molar-refractivity contribution in [2.75, 3.05) is 0 Å². The predicted octanol–water partition coefficient (Wildman–Crippen LogP) is 4.65. The van der Waals surface area contributed by atoms with Gasteiger partial charge in [0.1, 0.15) is 23.3 Å². The molecule has 0 amide bonds. The van der Waals surface area contributed by atoms with E-state index in [4.69, 9.17) is 0 Å². The summed E-state index contributed by atoms with van der Waals surface area (Å²) in [4.78, 5) is 0. The highest BCUT2D eigenvalue weighted by molar-refractivity contribution is 5.24. The molecule has 0 saturated heterocycles. The molecule has 0 radical (unpaired) electrons. The third kappa shape index (κ3) is 3.61. The summed E-state index contributed by atoms with van der Waals surface area (Å²) in [6, 6.07) is 5.72. The van der Waals surface area contributed by atoms with Gasteiger partial charge in [-0.2, -0.15) is 0 Å². The first-order chi connectivity index (χ1) is 9.88. The average Bonchev–Trinajstić information content (AvgIpc) is 2.37. The van der Waals surface area contributed by atoms with Crippen LogP contribution in [0, 0.1) is 23.3 Å². The fourth-order valence-electron chi connectivity index (χ4n) is 2.26. The molecular formula is C16H15F4N. The Kier molecular flexibility index (Phi) is 4.63. The van der Waals surface area contributed by atoms with Crippen LogP contribution in [0.2, 0.25) is 0 Å². The monoisotopic (exact) mass is 297 g/mol. The number of rotatable bonds is 4. The third-order valence-corrected chi connectivity index (χ3v) is 3.36. The second kappa shape index (κ2) is 6.26. The molecule has 0 fully saturated rings. The average molecular weight is 297 g/mol. The Morgan fingerprint density at radius 1 is 0.714 bits per heavy atom. The maximum absolute atomic E-state index is 13.7. The summed E-state index contributed by atoms with van der Waals surface area (Å²) < 4.78 is 53.1. The summed E-state index contributed by atoms with van der Waals surface area (Å²) in [7, 11) is 0. The predicted molar refractivity (Wildman–Crippen MR) is 72.7 cm³/mol. The molecule has 2 rings (SSSR count). The van der Waals surface area contributed by atoms with Crippen LogP contribution < -0.4 is 5.32 Å². The third-order valence-electron chi connectivity index (χ3n) is 3.36. The van der Waals surface area contributed by atoms with Crippen molar-refractivity contribution in [1.29, 1.82) is 0 Å². The molecule has 2 aromatic carbocycles. The second-order valence-corrected chi connectivity index (χ2v) is 4.94. The van der Waals surface area contributed by atoms with Gasteiger partial charge >= 0.3 is 0 Å². The van der Waals surface area contributed by atoms with Gasteiger partial charge in [0.2, 0.25) is 0 Å². The summed E-state index contributed by atoms with van der Waals surface area (Å²) in [5.41, 5.74) is 0.566. The first kappa shape index (κ1) is 15.5. The number of hydrogen-bond donors (Lipinski definition) is 1. The highest BCUT2D eigenvalue weighted by Gasteiger charge is 2.17. The summed E-state index contributed by atoms with van der Waals surface area (Å²) in [6.07, 6.45) is 0. The van der Waals surface area contributed by atoms with Gasteiger partial charge in [0.05, 0.1) is 0 Å². The lowest BCUT2D eigenvalue weighted by Crippen LogP contribution is -2.24. The van der Waals surface area contributed by atoms with E-state index in [1.807, 2.05) is 0 Å². The standard InChI is InChI=1S/C16H15F4N/c1-9(13-5-3-11(17)7-15(13)19)21-10(2)14-6-4-12(18)8-16(14)20/h3-10,21H,1-2H3. The van der Waals surface area contributed by atoms with Crippen molar-refractivity contribution in [3.63, 3.8) is 0 Å². The van der Waals surface area contributed by atoms with Crippen LogP contribution in [0.3, 0.4) is 0 Å². The van der Waals surface area contributed by atoms with Gasteiger partial charge in [-0.05, 0) is 26.0 Å². The van der Waals surface area contributed by atoms with Crippen LogP contribution >= 0.6 is 0 Å². The largest absolute Gasteiger partial charge is 0.303 e. The van der Waals surface area contributed by atoms with E-state index in [0.29, 0.717) is 0 Å². The molecule has 1 nitrogen and oxygen atoms in total. The second-order valence-electron chi connectivity index (χ2n) is 4.94. The molecule has 2 atom stereocenters. The van der Waals surface area contributed by atoms with Crippen molar-refractivity contribution in [2.45, 2.75) is 25.9 Å². The minimum atomic E-state index is -0.665. The molecule has 5 heteroatoms. The summed E-state index contributed by atoms with van der Waals surface area (Å²) in [6.45, 7) is 3.38. The normalized spacial score (nSPS) is 14.0. The quantitative estimate of drug-likeness (QED) is 0.810. The number of nitrogens with one attached hydrogen (secondary N) is 1. The van der Waals surface area contributed by atoms with Crippen molar-refractivity contribution in [2.24, 2.45) is 0 Å². The lowest BCUT2D eigenvalue weighted by Gasteiger charge is -2.21. The molecule has 2 unspecified atom stereocenters. The van der Waals surface area contributed by atoms with E-state index in [0.717, 1.165) is 12.1 Å². The molecule has 1 N–H and O–H groups in total. The van der Waals surface area contributed by atoms with Gasteiger partial charge in [-0.3, -0.25) is 0 Å². The first-order valence-electron chi connectivity index (χ1n) is 6.54. The Balaban J connectivity index is 2.16. The zero-order chi connectivity index (χ0) is 15.6. The Morgan fingerprint density at radius 3 is 1.43 bits per heavy atom. The maximum atomic E-state index is 13.7. The Labute approximate surface area is 120 Å². The molecule has 2 aromatic rings. The summed E-state index contributed by atoms with van der Waals surface area (Å²) in [5, 5.41) is 3.01. The molecule has 21 heavy (non-hydrogen) atoms. The van der Waals surface area contributed by atoms with Crippen LogP contribution in [0.5, 0.6) is 0 Å². The van der Waals surface area contributed by atoms with E-state index < -0.39 is 35.4 Å². The molecule has 0 aliphatic carbocycles. The Morgan fingerprint density at radius 2 is 1.10 bits per heavy atom. The van der Waals surface area contributed by atoms with Gasteiger partial charge in [-0.15, -0.1) is 0 Å². The van der Waals surface area contributed by atoms with Crippen molar-refractivity contribution in [1.82, 2.24) is 5.32 Å².